The molecule has 1 aliphatic heterocycles. The minimum atomic E-state index is -0.878. The first-order valence-corrected chi connectivity index (χ1v) is 19.9. The maximum absolute atomic E-state index is 14.1. The first kappa shape index (κ1) is 47.1. The number of hydrogen-bond acceptors (Lipinski definition) is 8. The van der Waals surface area contributed by atoms with E-state index >= 15 is 0 Å². The minimum Gasteiger partial charge on any atom is -0.386 e. The van der Waals surface area contributed by atoms with E-state index < -0.39 is 48.4 Å². The molecule has 1 aliphatic rings. The Morgan fingerprint density at radius 1 is 0.889 bits per heavy atom. The number of aliphatic hydroxyl groups is 1. The van der Waals surface area contributed by atoms with Crippen LogP contribution in [0, 0.1) is 23.7 Å². The highest BCUT2D eigenvalue weighted by molar-refractivity contribution is 5.90. The van der Waals surface area contributed by atoms with Crippen LogP contribution < -0.4 is 16.0 Å². The van der Waals surface area contributed by atoms with Crippen molar-refractivity contribution in [2.75, 3.05) is 27.8 Å². The van der Waals surface area contributed by atoms with Crippen molar-refractivity contribution in [3.8, 4) is 0 Å². The van der Waals surface area contributed by atoms with E-state index in [1.54, 1.807) is 33.0 Å². The number of nitrogens with one attached hydrogen (secondary N) is 3. The van der Waals surface area contributed by atoms with Gasteiger partial charge in [0.25, 0.3) is 0 Å². The number of nitrogens with zero attached hydrogens (tertiary/aromatic N) is 2. The molecule has 1 fully saturated rings. The number of hydrogen-bond donors (Lipinski definition) is 4. The van der Waals surface area contributed by atoms with Crippen molar-refractivity contribution in [3.63, 3.8) is 0 Å². The topological polar surface area (TPSA) is 150 Å². The summed E-state index contributed by atoms with van der Waals surface area (Å²) >= 11 is 0. The number of carbonyl (C=O) groups excluding carboxylic acids is 4. The lowest BCUT2D eigenvalue weighted by Gasteiger charge is -2.40. The monoisotopic (exact) mass is 760 g/mol. The quantitative estimate of drug-likeness (QED) is 0.150. The van der Waals surface area contributed by atoms with Crippen LogP contribution in [0.3, 0.4) is 0 Å². The summed E-state index contributed by atoms with van der Waals surface area (Å²) in [6.07, 6.45) is 0.0799. The number of carbonyl (C=O) groups is 4. The molecular formula is C42H73N5O7. The molecule has 0 saturated carbocycles. The maximum Gasteiger partial charge on any atom is 0.243 e. The molecule has 1 heterocycles. The zero-order valence-electron chi connectivity index (χ0n) is 35.6. The lowest BCUT2D eigenvalue weighted by atomic mass is 9.90. The summed E-state index contributed by atoms with van der Waals surface area (Å²) in [5.41, 5.74) is 0.454. The van der Waals surface area contributed by atoms with Gasteiger partial charge in [-0.25, -0.2) is 0 Å². The third kappa shape index (κ3) is 12.5. The van der Waals surface area contributed by atoms with E-state index in [0.29, 0.717) is 18.5 Å². The molecule has 1 saturated heterocycles. The number of amides is 4. The highest BCUT2D eigenvalue weighted by atomic mass is 16.5. The van der Waals surface area contributed by atoms with Crippen LogP contribution in [0.5, 0.6) is 0 Å². The van der Waals surface area contributed by atoms with Crippen LogP contribution in [0.15, 0.2) is 30.3 Å². The van der Waals surface area contributed by atoms with Crippen molar-refractivity contribution in [1.82, 2.24) is 25.8 Å². The number of rotatable bonds is 20. The Hall–Kier alpha value is -3.06. The smallest absolute Gasteiger partial charge is 0.243 e. The van der Waals surface area contributed by atoms with Crippen molar-refractivity contribution in [1.29, 1.82) is 0 Å². The second kappa shape index (κ2) is 21.3. The molecule has 1 aromatic carbocycles. The SMILES string of the molecule is CCC(C)[C@H](NC(=O)[C@@H](NC(=O)[C@H](C(C)C)N(C)C(C)(C)C)C(C)C)[C@@H](CC(=O)N1CCC[C@H]1[C@H](OC)[C@@H](C)C(=O)N[C@H](C)[C@@H](O)c1ccccc1)OC. The fraction of sp³-hybridized carbons (Fsp3) is 0.762. The average molecular weight is 760 g/mol. The Labute approximate surface area is 325 Å². The zero-order chi connectivity index (χ0) is 41.1. The fourth-order valence-corrected chi connectivity index (χ4v) is 7.53. The number of likely N-dealkylation sites (N-methyl/N-ethyl adjacent to an activating group) is 1. The van der Waals surface area contributed by atoms with Gasteiger partial charge in [0.05, 0.1) is 54.8 Å². The maximum atomic E-state index is 14.1. The van der Waals surface area contributed by atoms with E-state index in [9.17, 15) is 24.3 Å². The Kier molecular flexibility index (Phi) is 18.6. The second-order valence-electron chi connectivity index (χ2n) is 17.0. The van der Waals surface area contributed by atoms with E-state index in [1.165, 1.54) is 0 Å². The van der Waals surface area contributed by atoms with Gasteiger partial charge in [-0.15, -0.1) is 0 Å². The molecule has 0 aromatic heterocycles. The molecule has 54 heavy (non-hydrogen) atoms. The van der Waals surface area contributed by atoms with Gasteiger partial charge in [-0.3, -0.25) is 24.1 Å². The standard InChI is InChI=1S/C42H73N5O7/c1-15-27(6)35(45-40(51)34(25(2)3)44-41(52)36(26(4)5)46(12)42(9,10)11)32(53-13)24-33(48)47-23-19-22-31(47)38(54-14)28(7)39(50)43-29(8)37(49)30-20-17-16-18-21-30/h16-18,20-21,25-29,31-32,34-38,49H,15,19,22-24H2,1-14H3,(H,43,50)(H,44,52)(H,45,51)/t27?,28-,29-,31+,32-,34+,35+,36+,37-,38-/m1/s1. The molecule has 12 nitrogen and oxygen atoms in total. The Balaban J connectivity index is 2.22. The molecule has 12 heteroatoms. The van der Waals surface area contributed by atoms with Crippen LogP contribution in [-0.2, 0) is 28.7 Å². The summed E-state index contributed by atoms with van der Waals surface area (Å²) in [7, 11) is 5.04. The molecule has 0 spiro atoms. The van der Waals surface area contributed by atoms with E-state index in [0.717, 1.165) is 12.8 Å². The molecular weight excluding hydrogens is 686 g/mol. The molecule has 308 valence electrons. The lowest BCUT2D eigenvalue weighted by Crippen LogP contribution is -2.61. The van der Waals surface area contributed by atoms with Crippen LogP contribution in [0.1, 0.15) is 114 Å². The van der Waals surface area contributed by atoms with Gasteiger partial charge in [-0.05, 0) is 70.9 Å². The first-order chi connectivity index (χ1) is 25.2. The van der Waals surface area contributed by atoms with Gasteiger partial charge in [0.1, 0.15) is 6.04 Å². The van der Waals surface area contributed by atoms with Crippen molar-refractivity contribution in [2.24, 2.45) is 23.7 Å². The summed E-state index contributed by atoms with van der Waals surface area (Å²) in [5.74, 6) is -1.75. The van der Waals surface area contributed by atoms with Gasteiger partial charge in [0, 0.05) is 26.3 Å². The largest absolute Gasteiger partial charge is 0.386 e. The highest BCUT2D eigenvalue weighted by Gasteiger charge is 2.42. The predicted molar refractivity (Wildman–Crippen MR) is 213 cm³/mol. The molecule has 1 unspecified atom stereocenters. The summed E-state index contributed by atoms with van der Waals surface area (Å²) in [5, 5.41) is 20.0. The fourth-order valence-electron chi connectivity index (χ4n) is 7.53. The number of aliphatic hydroxyl groups excluding tert-OH is 1. The Bertz CT molecular complexity index is 1340. The van der Waals surface area contributed by atoms with Crippen molar-refractivity contribution < 1.29 is 33.8 Å². The Morgan fingerprint density at radius 3 is 2.00 bits per heavy atom. The molecule has 4 N–H and O–H groups in total. The molecule has 0 radical (unpaired) electrons. The summed E-state index contributed by atoms with van der Waals surface area (Å²) in [6, 6.07) is 6.58. The summed E-state index contributed by atoms with van der Waals surface area (Å²) in [4.78, 5) is 59.2. The predicted octanol–water partition coefficient (Wildman–Crippen LogP) is 4.70. The zero-order valence-corrected chi connectivity index (χ0v) is 35.6. The molecule has 0 bridgehead atoms. The van der Waals surface area contributed by atoms with Gasteiger partial charge < -0.3 is 35.4 Å². The van der Waals surface area contributed by atoms with E-state index in [-0.39, 0.29) is 59.4 Å². The van der Waals surface area contributed by atoms with Gasteiger partial charge in [-0.1, -0.05) is 85.2 Å². The third-order valence-corrected chi connectivity index (χ3v) is 11.4. The van der Waals surface area contributed by atoms with Crippen molar-refractivity contribution in [2.45, 2.75) is 156 Å². The van der Waals surface area contributed by atoms with Crippen LogP contribution in [-0.4, -0.2) is 114 Å². The number of methoxy groups -OCH3 is 2. The van der Waals surface area contributed by atoms with Gasteiger partial charge in [-0.2, -0.15) is 0 Å². The lowest BCUT2D eigenvalue weighted by molar-refractivity contribution is -0.143. The second-order valence-corrected chi connectivity index (χ2v) is 17.0. The van der Waals surface area contributed by atoms with Crippen molar-refractivity contribution >= 4 is 23.6 Å². The third-order valence-electron chi connectivity index (χ3n) is 11.4. The Morgan fingerprint density at radius 2 is 1.50 bits per heavy atom. The van der Waals surface area contributed by atoms with E-state index in [4.69, 9.17) is 9.47 Å². The average Bonchev–Trinajstić information content (AvgIpc) is 3.60. The molecule has 0 aliphatic carbocycles. The number of likely N-dealkylation sites (tertiary alicyclic amines) is 1. The van der Waals surface area contributed by atoms with Gasteiger partial charge in [0.15, 0.2) is 0 Å². The van der Waals surface area contributed by atoms with Crippen LogP contribution in [0.2, 0.25) is 0 Å². The van der Waals surface area contributed by atoms with E-state index in [2.05, 4.69) is 36.7 Å². The highest BCUT2D eigenvalue weighted by Crippen LogP contribution is 2.29. The minimum absolute atomic E-state index is 0.0161. The summed E-state index contributed by atoms with van der Waals surface area (Å²) < 4.78 is 11.9. The summed E-state index contributed by atoms with van der Waals surface area (Å²) in [6.45, 7) is 22.1. The number of benzene rings is 1. The van der Waals surface area contributed by atoms with E-state index in [1.807, 2.05) is 83.8 Å². The van der Waals surface area contributed by atoms with Crippen molar-refractivity contribution in [3.05, 3.63) is 35.9 Å². The van der Waals surface area contributed by atoms with Crippen LogP contribution in [0.25, 0.3) is 0 Å². The number of ether oxygens (including phenoxy) is 2. The molecule has 4 amide bonds. The molecule has 10 atom stereocenters. The van der Waals surface area contributed by atoms with Gasteiger partial charge >= 0.3 is 0 Å². The molecule has 2 rings (SSSR count). The van der Waals surface area contributed by atoms with Crippen LogP contribution in [0.4, 0.5) is 0 Å². The first-order valence-electron chi connectivity index (χ1n) is 19.9. The normalized spacial score (nSPS) is 20.1. The molecule has 1 aromatic rings. The van der Waals surface area contributed by atoms with Crippen LogP contribution >= 0.6 is 0 Å². The van der Waals surface area contributed by atoms with Gasteiger partial charge in [0.2, 0.25) is 23.6 Å².